The molecule has 0 radical (unpaired) electrons. The number of nitrogens with two attached hydrogens (primary N) is 1. The lowest BCUT2D eigenvalue weighted by molar-refractivity contribution is -0.118. The molecule has 13 heavy (non-hydrogen) atoms. The van der Waals surface area contributed by atoms with Crippen LogP contribution in [-0.4, -0.2) is 42.5 Å². The van der Waals surface area contributed by atoms with Gasteiger partial charge < -0.3 is 11.1 Å². The Balaban J connectivity index is 2.33. The lowest BCUT2D eigenvalue weighted by Gasteiger charge is -2.37. The van der Waals surface area contributed by atoms with Crippen LogP contribution in [0.15, 0.2) is 0 Å². The van der Waals surface area contributed by atoms with Gasteiger partial charge in [-0.05, 0) is 13.8 Å². The first-order chi connectivity index (χ1) is 6.09. The standard InChI is InChI=1S/C9H19N3O/c1-7-6-12(4-3-9(10)13)8(2)5-11-7/h7-8,11H,3-6H2,1-2H3,(H2,10,13). The fourth-order valence-electron chi connectivity index (χ4n) is 1.66. The highest BCUT2D eigenvalue weighted by Crippen LogP contribution is 2.06. The molecule has 0 aromatic heterocycles. The Hall–Kier alpha value is -0.610. The normalized spacial score (nSPS) is 30.3. The lowest BCUT2D eigenvalue weighted by atomic mass is 10.1. The Morgan fingerprint density at radius 3 is 2.92 bits per heavy atom. The van der Waals surface area contributed by atoms with Gasteiger partial charge in [-0.1, -0.05) is 0 Å². The molecule has 0 aromatic rings. The summed E-state index contributed by atoms with van der Waals surface area (Å²) in [7, 11) is 0. The molecule has 1 amide bonds. The van der Waals surface area contributed by atoms with Crippen molar-refractivity contribution in [1.29, 1.82) is 0 Å². The zero-order chi connectivity index (χ0) is 9.84. The van der Waals surface area contributed by atoms with Gasteiger partial charge >= 0.3 is 0 Å². The van der Waals surface area contributed by atoms with Crippen LogP contribution in [0.3, 0.4) is 0 Å². The fourth-order valence-corrected chi connectivity index (χ4v) is 1.66. The maximum absolute atomic E-state index is 10.6. The third-order valence-corrected chi connectivity index (χ3v) is 2.54. The van der Waals surface area contributed by atoms with Gasteiger partial charge in [-0.25, -0.2) is 0 Å². The molecular formula is C9H19N3O. The summed E-state index contributed by atoms with van der Waals surface area (Å²) in [6.07, 6.45) is 0.469. The molecule has 1 saturated heterocycles. The van der Waals surface area contributed by atoms with Gasteiger partial charge in [0.2, 0.25) is 5.91 Å². The van der Waals surface area contributed by atoms with E-state index in [2.05, 4.69) is 24.1 Å². The monoisotopic (exact) mass is 185 g/mol. The Labute approximate surface area is 79.5 Å². The van der Waals surface area contributed by atoms with Crippen molar-refractivity contribution in [3.63, 3.8) is 0 Å². The number of nitrogens with zero attached hydrogens (tertiary/aromatic N) is 1. The minimum absolute atomic E-state index is 0.210. The Morgan fingerprint density at radius 1 is 1.62 bits per heavy atom. The van der Waals surface area contributed by atoms with E-state index in [0.717, 1.165) is 19.6 Å². The van der Waals surface area contributed by atoms with Crippen molar-refractivity contribution in [3.05, 3.63) is 0 Å². The number of carbonyl (C=O) groups is 1. The summed E-state index contributed by atoms with van der Waals surface area (Å²) in [4.78, 5) is 12.9. The predicted octanol–water partition coefficient (Wildman–Crippen LogP) is -0.456. The van der Waals surface area contributed by atoms with E-state index in [0.29, 0.717) is 18.5 Å². The summed E-state index contributed by atoms with van der Waals surface area (Å²) in [5.41, 5.74) is 5.11. The van der Waals surface area contributed by atoms with E-state index in [-0.39, 0.29) is 5.91 Å². The Bertz CT molecular complexity index is 184. The van der Waals surface area contributed by atoms with Crippen LogP contribution in [0.1, 0.15) is 20.3 Å². The minimum atomic E-state index is -0.210. The molecule has 2 unspecified atom stereocenters. The van der Waals surface area contributed by atoms with E-state index < -0.39 is 0 Å². The third kappa shape index (κ3) is 3.32. The number of piperazine rings is 1. The van der Waals surface area contributed by atoms with Crippen molar-refractivity contribution in [3.8, 4) is 0 Å². The van der Waals surface area contributed by atoms with Gasteiger partial charge in [0.1, 0.15) is 0 Å². The largest absolute Gasteiger partial charge is 0.370 e. The third-order valence-electron chi connectivity index (χ3n) is 2.54. The molecule has 76 valence electrons. The molecule has 2 atom stereocenters. The number of primary amides is 1. The van der Waals surface area contributed by atoms with Gasteiger partial charge in [0.05, 0.1) is 0 Å². The first-order valence-corrected chi connectivity index (χ1v) is 4.85. The van der Waals surface area contributed by atoms with E-state index in [9.17, 15) is 4.79 Å². The fraction of sp³-hybridized carbons (Fsp3) is 0.889. The smallest absolute Gasteiger partial charge is 0.218 e. The van der Waals surface area contributed by atoms with Gasteiger partial charge in [0.25, 0.3) is 0 Å². The molecule has 0 spiro atoms. The summed E-state index contributed by atoms with van der Waals surface area (Å²) in [5.74, 6) is -0.210. The molecular weight excluding hydrogens is 166 g/mol. The topological polar surface area (TPSA) is 58.4 Å². The average Bonchev–Trinajstić information content (AvgIpc) is 2.06. The van der Waals surface area contributed by atoms with Gasteiger partial charge in [-0.3, -0.25) is 9.69 Å². The molecule has 1 aliphatic rings. The molecule has 0 aromatic carbocycles. The highest BCUT2D eigenvalue weighted by Gasteiger charge is 2.21. The van der Waals surface area contributed by atoms with E-state index in [1.165, 1.54) is 0 Å². The summed E-state index contributed by atoms with van der Waals surface area (Å²) in [5, 5.41) is 3.39. The Morgan fingerprint density at radius 2 is 2.31 bits per heavy atom. The SMILES string of the molecule is CC1CN(CCC(N)=O)C(C)CN1. The van der Waals surface area contributed by atoms with Crippen molar-refractivity contribution in [1.82, 2.24) is 10.2 Å². The van der Waals surface area contributed by atoms with Gasteiger partial charge in [-0.15, -0.1) is 0 Å². The van der Waals surface area contributed by atoms with E-state index in [1.807, 2.05) is 0 Å². The molecule has 1 aliphatic heterocycles. The van der Waals surface area contributed by atoms with Crippen LogP contribution in [0.2, 0.25) is 0 Å². The van der Waals surface area contributed by atoms with Gasteiger partial charge in [-0.2, -0.15) is 0 Å². The second-order valence-electron chi connectivity index (χ2n) is 3.87. The number of amides is 1. The number of carbonyl (C=O) groups excluding carboxylic acids is 1. The van der Waals surface area contributed by atoms with Crippen molar-refractivity contribution < 1.29 is 4.79 Å². The second-order valence-corrected chi connectivity index (χ2v) is 3.87. The van der Waals surface area contributed by atoms with Crippen LogP contribution in [0, 0.1) is 0 Å². The average molecular weight is 185 g/mol. The second kappa shape index (κ2) is 4.58. The highest BCUT2D eigenvalue weighted by atomic mass is 16.1. The van der Waals surface area contributed by atoms with Crippen LogP contribution in [0.5, 0.6) is 0 Å². The molecule has 0 saturated carbocycles. The molecule has 1 heterocycles. The molecule has 0 bridgehead atoms. The lowest BCUT2D eigenvalue weighted by Crippen LogP contribution is -2.54. The molecule has 3 N–H and O–H groups in total. The first kappa shape index (κ1) is 10.5. The predicted molar refractivity (Wildman–Crippen MR) is 52.3 cm³/mol. The van der Waals surface area contributed by atoms with Crippen LogP contribution in [0.4, 0.5) is 0 Å². The van der Waals surface area contributed by atoms with Crippen LogP contribution < -0.4 is 11.1 Å². The highest BCUT2D eigenvalue weighted by molar-refractivity contribution is 5.73. The maximum atomic E-state index is 10.6. The van der Waals surface area contributed by atoms with Gasteiger partial charge in [0, 0.05) is 38.1 Å². The van der Waals surface area contributed by atoms with Gasteiger partial charge in [0.15, 0.2) is 0 Å². The van der Waals surface area contributed by atoms with Crippen LogP contribution in [-0.2, 0) is 4.79 Å². The molecule has 4 nitrogen and oxygen atoms in total. The Kier molecular flexibility index (Phi) is 3.69. The first-order valence-electron chi connectivity index (χ1n) is 4.85. The molecule has 1 rings (SSSR count). The summed E-state index contributed by atoms with van der Waals surface area (Å²) in [6, 6.07) is 1.03. The summed E-state index contributed by atoms with van der Waals surface area (Å²) < 4.78 is 0. The summed E-state index contributed by atoms with van der Waals surface area (Å²) >= 11 is 0. The van der Waals surface area contributed by atoms with E-state index >= 15 is 0 Å². The quantitative estimate of drug-likeness (QED) is 0.626. The van der Waals surface area contributed by atoms with Crippen LogP contribution in [0.25, 0.3) is 0 Å². The summed E-state index contributed by atoms with van der Waals surface area (Å²) in [6.45, 7) is 7.12. The van der Waals surface area contributed by atoms with Crippen molar-refractivity contribution in [2.75, 3.05) is 19.6 Å². The molecule has 1 fully saturated rings. The van der Waals surface area contributed by atoms with Crippen molar-refractivity contribution in [2.45, 2.75) is 32.4 Å². The molecule has 4 heteroatoms. The minimum Gasteiger partial charge on any atom is -0.370 e. The van der Waals surface area contributed by atoms with E-state index in [1.54, 1.807) is 0 Å². The number of nitrogens with one attached hydrogen (secondary N) is 1. The zero-order valence-electron chi connectivity index (χ0n) is 8.42. The number of rotatable bonds is 3. The van der Waals surface area contributed by atoms with Crippen LogP contribution >= 0.6 is 0 Å². The molecule has 0 aliphatic carbocycles. The van der Waals surface area contributed by atoms with Crippen molar-refractivity contribution in [2.24, 2.45) is 5.73 Å². The maximum Gasteiger partial charge on any atom is 0.218 e. The number of hydrogen-bond donors (Lipinski definition) is 2. The number of hydrogen-bond acceptors (Lipinski definition) is 3. The van der Waals surface area contributed by atoms with Crippen molar-refractivity contribution >= 4 is 5.91 Å². The van der Waals surface area contributed by atoms with E-state index in [4.69, 9.17) is 5.73 Å². The zero-order valence-corrected chi connectivity index (χ0v) is 8.42.